The van der Waals surface area contributed by atoms with Crippen molar-refractivity contribution in [2.24, 2.45) is 0 Å². The van der Waals surface area contributed by atoms with Gasteiger partial charge in [-0.1, -0.05) is 39.0 Å². The highest BCUT2D eigenvalue weighted by atomic mass is 79.9. The summed E-state index contributed by atoms with van der Waals surface area (Å²) in [6, 6.07) is 2.60. The monoisotopic (exact) mass is 317 g/mol. The zero-order valence-electron chi connectivity index (χ0n) is 11.0. The molecule has 1 unspecified atom stereocenters. The van der Waals surface area contributed by atoms with Gasteiger partial charge in [-0.3, -0.25) is 0 Å². The maximum atomic E-state index is 3.60. The average molecular weight is 318 g/mol. The lowest BCUT2D eigenvalue weighted by atomic mass is 10.1. The molecule has 0 aromatic carbocycles. The summed E-state index contributed by atoms with van der Waals surface area (Å²) in [5, 5.41) is 5.74. The molecule has 3 heteroatoms. The molecule has 0 saturated carbocycles. The summed E-state index contributed by atoms with van der Waals surface area (Å²) in [5.41, 5.74) is 0. The molecule has 1 aromatic rings. The zero-order chi connectivity index (χ0) is 12.5. The van der Waals surface area contributed by atoms with Crippen LogP contribution in [-0.2, 0) is 0 Å². The SMILES string of the molecule is CCCCCCCCNC(C)c1sccc1Br. The number of rotatable bonds is 9. The lowest BCUT2D eigenvalue weighted by Crippen LogP contribution is -2.19. The van der Waals surface area contributed by atoms with Crippen LogP contribution in [0.15, 0.2) is 15.9 Å². The molecule has 17 heavy (non-hydrogen) atoms. The van der Waals surface area contributed by atoms with Crippen LogP contribution in [0.25, 0.3) is 0 Å². The molecular weight excluding hydrogens is 294 g/mol. The van der Waals surface area contributed by atoms with Crippen molar-refractivity contribution in [1.29, 1.82) is 0 Å². The van der Waals surface area contributed by atoms with Crippen LogP contribution in [0.3, 0.4) is 0 Å². The van der Waals surface area contributed by atoms with Crippen molar-refractivity contribution in [3.05, 3.63) is 20.8 Å². The van der Waals surface area contributed by atoms with E-state index in [1.807, 2.05) is 11.3 Å². The Morgan fingerprint density at radius 1 is 1.24 bits per heavy atom. The van der Waals surface area contributed by atoms with Gasteiger partial charge in [0.15, 0.2) is 0 Å². The molecule has 0 aliphatic carbocycles. The van der Waals surface area contributed by atoms with Gasteiger partial charge >= 0.3 is 0 Å². The summed E-state index contributed by atoms with van der Waals surface area (Å²) in [6.07, 6.45) is 8.20. The highest BCUT2D eigenvalue weighted by Gasteiger charge is 2.09. The molecule has 1 aromatic heterocycles. The summed E-state index contributed by atoms with van der Waals surface area (Å²) in [4.78, 5) is 1.41. The third kappa shape index (κ3) is 6.03. The Bertz CT molecular complexity index is 298. The summed E-state index contributed by atoms with van der Waals surface area (Å²) in [6.45, 7) is 5.65. The number of nitrogens with one attached hydrogen (secondary N) is 1. The quantitative estimate of drug-likeness (QED) is 0.591. The lowest BCUT2D eigenvalue weighted by molar-refractivity contribution is 0.530. The molecule has 0 fully saturated rings. The molecule has 1 rings (SSSR count). The van der Waals surface area contributed by atoms with E-state index in [4.69, 9.17) is 0 Å². The number of unbranched alkanes of at least 4 members (excludes halogenated alkanes) is 5. The third-order valence-corrected chi connectivity index (χ3v) is 5.07. The van der Waals surface area contributed by atoms with Gasteiger partial charge in [-0.15, -0.1) is 11.3 Å². The van der Waals surface area contributed by atoms with Crippen molar-refractivity contribution in [3.63, 3.8) is 0 Å². The minimum Gasteiger partial charge on any atom is -0.309 e. The highest BCUT2D eigenvalue weighted by Crippen LogP contribution is 2.28. The fourth-order valence-electron chi connectivity index (χ4n) is 1.93. The maximum absolute atomic E-state index is 3.60. The highest BCUT2D eigenvalue weighted by molar-refractivity contribution is 9.10. The molecule has 1 atom stereocenters. The van der Waals surface area contributed by atoms with Crippen LogP contribution in [0, 0.1) is 0 Å². The van der Waals surface area contributed by atoms with Gasteiger partial charge in [-0.25, -0.2) is 0 Å². The van der Waals surface area contributed by atoms with Gasteiger partial charge in [0.1, 0.15) is 0 Å². The summed E-state index contributed by atoms with van der Waals surface area (Å²) in [7, 11) is 0. The van der Waals surface area contributed by atoms with Crippen LogP contribution in [0.2, 0.25) is 0 Å². The Balaban J connectivity index is 2.05. The van der Waals surface area contributed by atoms with E-state index in [9.17, 15) is 0 Å². The predicted octanol–water partition coefficient (Wildman–Crippen LogP) is 5.52. The van der Waals surface area contributed by atoms with Crippen molar-refractivity contribution >= 4 is 27.3 Å². The van der Waals surface area contributed by atoms with E-state index in [0.29, 0.717) is 6.04 Å². The number of halogens is 1. The Labute approximate surface area is 118 Å². The van der Waals surface area contributed by atoms with Gasteiger partial charge in [0, 0.05) is 15.4 Å². The van der Waals surface area contributed by atoms with Crippen molar-refractivity contribution in [1.82, 2.24) is 5.32 Å². The molecule has 0 bridgehead atoms. The van der Waals surface area contributed by atoms with Gasteiger partial charge in [0.25, 0.3) is 0 Å². The van der Waals surface area contributed by atoms with E-state index in [0.717, 1.165) is 6.54 Å². The smallest absolute Gasteiger partial charge is 0.0397 e. The second-order valence-electron chi connectivity index (χ2n) is 4.58. The van der Waals surface area contributed by atoms with Gasteiger partial charge < -0.3 is 5.32 Å². The van der Waals surface area contributed by atoms with Gasteiger partial charge in [0.05, 0.1) is 0 Å². The minimum absolute atomic E-state index is 0.472. The van der Waals surface area contributed by atoms with E-state index in [-0.39, 0.29) is 0 Å². The Kier molecular flexibility index (Phi) is 8.15. The Morgan fingerprint density at radius 3 is 2.59 bits per heavy atom. The van der Waals surface area contributed by atoms with Crippen LogP contribution in [0.4, 0.5) is 0 Å². The summed E-state index contributed by atoms with van der Waals surface area (Å²) >= 11 is 5.41. The maximum Gasteiger partial charge on any atom is 0.0397 e. The Hall–Kier alpha value is 0.140. The predicted molar refractivity (Wildman–Crippen MR) is 81.8 cm³/mol. The first kappa shape index (κ1) is 15.2. The van der Waals surface area contributed by atoms with Crippen molar-refractivity contribution < 1.29 is 0 Å². The first-order chi connectivity index (χ1) is 8.25. The van der Waals surface area contributed by atoms with Crippen molar-refractivity contribution in [2.45, 2.75) is 58.4 Å². The molecule has 0 aliphatic heterocycles. The van der Waals surface area contributed by atoms with E-state index < -0.39 is 0 Å². The van der Waals surface area contributed by atoms with Gasteiger partial charge in [0.2, 0.25) is 0 Å². The molecular formula is C14H24BrNS. The second kappa shape index (κ2) is 9.12. The number of thiophene rings is 1. The molecule has 1 heterocycles. The summed E-state index contributed by atoms with van der Waals surface area (Å²) < 4.78 is 1.24. The molecule has 0 aliphatic rings. The van der Waals surface area contributed by atoms with Crippen LogP contribution in [0.1, 0.15) is 63.3 Å². The van der Waals surface area contributed by atoms with E-state index in [2.05, 4.69) is 46.5 Å². The summed E-state index contributed by atoms with van der Waals surface area (Å²) in [5.74, 6) is 0. The molecule has 98 valence electrons. The van der Waals surface area contributed by atoms with Crippen molar-refractivity contribution in [2.75, 3.05) is 6.54 Å². The average Bonchev–Trinajstić information content (AvgIpc) is 2.74. The fourth-order valence-corrected chi connectivity index (χ4v) is 3.68. The standard InChI is InChI=1S/C14H24BrNS/c1-3-4-5-6-7-8-10-16-12(2)14-13(15)9-11-17-14/h9,11-12,16H,3-8,10H2,1-2H3. The molecule has 0 spiro atoms. The molecule has 1 N–H and O–H groups in total. The topological polar surface area (TPSA) is 12.0 Å². The number of hydrogen-bond acceptors (Lipinski definition) is 2. The lowest BCUT2D eigenvalue weighted by Gasteiger charge is -2.12. The van der Waals surface area contributed by atoms with Crippen molar-refractivity contribution in [3.8, 4) is 0 Å². The first-order valence-electron chi connectivity index (χ1n) is 6.72. The largest absolute Gasteiger partial charge is 0.309 e. The van der Waals surface area contributed by atoms with Crippen LogP contribution in [-0.4, -0.2) is 6.54 Å². The molecule has 0 saturated heterocycles. The minimum atomic E-state index is 0.472. The van der Waals surface area contributed by atoms with Crippen LogP contribution >= 0.6 is 27.3 Å². The van der Waals surface area contributed by atoms with Crippen LogP contribution in [0.5, 0.6) is 0 Å². The molecule has 0 amide bonds. The van der Waals surface area contributed by atoms with E-state index in [1.54, 1.807) is 0 Å². The van der Waals surface area contributed by atoms with E-state index in [1.165, 1.54) is 47.9 Å². The third-order valence-electron chi connectivity index (χ3n) is 3.02. The normalized spacial score (nSPS) is 12.9. The zero-order valence-corrected chi connectivity index (χ0v) is 13.4. The van der Waals surface area contributed by atoms with Gasteiger partial charge in [-0.2, -0.15) is 0 Å². The molecule has 0 radical (unpaired) electrons. The molecule has 1 nitrogen and oxygen atoms in total. The van der Waals surface area contributed by atoms with Crippen LogP contribution < -0.4 is 5.32 Å². The first-order valence-corrected chi connectivity index (χ1v) is 8.39. The fraction of sp³-hybridized carbons (Fsp3) is 0.714. The van der Waals surface area contributed by atoms with E-state index >= 15 is 0 Å². The second-order valence-corrected chi connectivity index (χ2v) is 6.38. The van der Waals surface area contributed by atoms with Gasteiger partial charge in [-0.05, 0) is 47.3 Å². The number of hydrogen-bond donors (Lipinski definition) is 1. The Morgan fingerprint density at radius 2 is 1.94 bits per heavy atom.